The molecule has 1 aromatic carbocycles. The Labute approximate surface area is 139 Å². The number of aliphatic hydroxyl groups excluding tert-OH is 1. The summed E-state index contributed by atoms with van der Waals surface area (Å²) in [6.45, 7) is 5.55. The third-order valence-corrected chi connectivity index (χ3v) is 4.27. The molecule has 0 saturated heterocycles. The first-order valence-corrected chi connectivity index (χ1v) is 8.48. The summed E-state index contributed by atoms with van der Waals surface area (Å²) in [7, 11) is 1.69. The van der Waals surface area contributed by atoms with Gasteiger partial charge in [-0.1, -0.05) is 12.1 Å². The Morgan fingerprint density at radius 1 is 1.30 bits per heavy atom. The molecular formula is C18H29N3O2. The molecular weight excluding hydrogens is 290 g/mol. The van der Waals surface area contributed by atoms with Crippen molar-refractivity contribution < 1.29 is 9.84 Å². The van der Waals surface area contributed by atoms with Crippen LogP contribution in [0.1, 0.15) is 43.7 Å². The van der Waals surface area contributed by atoms with E-state index in [1.165, 1.54) is 0 Å². The lowest BCUT2D eigenvalue weighted by molar-refractivity contribution is 0.120. The number of guanidine groups is 1. The molecule has 2 rings (SSSR count). The van der Waals surface area contributed by atoms with Gasteiger partial charge >= 0.3 is 0 Å². The van der Waals surface area contributed by atoms with Crippen molar-refractivity contribution in [2.75, 3.05) is 13.7 Å². The number of methoxy groups -OCH3 is 1. The molecule has 0 aliphatic heterocycles. The Bertz CT molecular complexity index is 523. The third-order valence-electron chi connectivity index (χ3n) is 4.27. The molecule has 0 radical (unpaired) electrons. The van der Waals surface area contributed by atoms with E-state index in [1.807, 2.05) is 13.0 Å². The summed E-state index contributed by atoms with van der Waals surface area (Å²) in [6, 6.07) is 6.58. The first-order chi connectivity index (χ1) is 11.1. The highest BCUT2D eigenvalue weighted by Crippen LogP contribution is 2.20. The molecule has 1 fully saturated rings. The third kappa shape index (κ3) is 5.43. The normalized spacial score (nSPS) is 21.8. The topological polar surface area (TPSA) is 65.9 Å². The Balaban J connectivity index is 1.98. The van der Waals surface area contributed by atoms with E-state index in [9.17, 15) is 5.11 Å². The highest BCUT2D eigenvalue weighted by Gasteiger charge is 2.19. The van der Waals surface area contributed by atoms with Gasteiger partial charge in [0.25, 0.3) is 0 Å². The molecule has 3 N–H and O–H groups in total. The van der Waals surface area contributed by atoms with E-state index in [1.54, 1.807) is 7.11 Å². The van der Waals surface area contributed by atoms with Crippen LogP contribution in [-0.2, 0) is 6.54 Å². The van der Waals surface area contributed by atoms with Gasteiger partial charge in [-0.15, -0.1) is 0 Å². The van der Waals surface area contributed by atoms with Crippen LogP contribution in [-0.4, -0.2) is 36.9 Å². The van der Waals surface area contributed by atoms with Gasteiger partial charge in [-0.05, 0) is 56.7 Å². The maximum absolute atomic E-state index is 9.60. The average Bonchev–Trinajstić information content (AvgIpc) is 2.56. The van der Waals surface area contributed by atoms with Gasteiger partial charge < -0.3 is 20.5 Å². The largest absolute Gasteiger partial charge is 0.496 e. The monoisotopic (exact) mass is 319 g/mol. The van der Waals surface area contributed by atoms with Crippen LogP contribution in [0, 0.1) is 6.92 Å². The molecule has 0 heterocycles. The first-order valence-electron chi connectivity index (χ1n) is 8.48. The first kappa shape index (κ1) is 17.6. The molecule has 0 atom stereocenters. The second-order valence-corrected chi connectivity index (χ2v) is 6.15. The zero-order valence-corrected chi connectivity index (χ0v) is 14.4. The minimum absolute atomic E-state index is 0.132. The lowest BCUT2D eigenvalue weighted by Crippen LogP contribution is -2.45. The molecule has 0 aromatic heterocycles. The van der Waals surface area contributed by atoms with Crippen LogP contribution in [0.15, 0.2) is 23.2 Å². The molecule has 23 heavy (non-hydrogen) atoms. The summed E-state index contributed by atoms with van der Waals surface area (Å²) in [5.74, 6) is 1.74. The zero-order chi connectivity index (χ0) is 16.7. The Morgan fingerprint density at radius 3 is 2.70 bits per heavy atom. The van der Waals surface area contributed by atoms with Crippen molar-refractivity contribution in [3.8, 4) is 5.75 Å². The molecule has 0 spiro atoms. The van der Waals surface area contributed by atoms with Crippen molar-refractivity contribution in [2.45, 2.75) is 58.2 Å². The fourth-order valence-electron chi connectivity index (χ4n) is 2.87. The van der Waals surface area contributed by atoms with Gasteiger partial charge in [-0.2, -0.15) is 0 Å². The molecule has 1 aliphatic rings. The minimum Gasteiger partial charge on any atom is -0.496 e. The molecule has 1 saturated carbocycles. The summed E-state index contributed by atoms with van der Waals surface area (Å²) in [5.41, 5.74) is 2.26. The Kier molecular flexibility index (Phi) is 6.71. The molecule has 0 unspecified atom stereocenters. The summed E-state index contributed by atoms with van der Waals surface area (Å²) in [6.07, 6.45) is 3.58. The SMILES string of the molecule is CCNC(=NCc1ccc(C)c(OC)c1)NC1CCC(O)CC1. The van der Waals surface area contributed by atoms with Gasteiger partial charge in [0, 0.05) is 12.6 Å². The van der Waals surface area contributed by atoms with Crippen LogP contribution in [0.25, 0.3) is 0 Å². The Morgan fingerprint density at radius 2 is 2.04 bits per heavy atom. The van der Waals surface area contributed by atoms with E-state index in [0.29, 0.717) is 12.6 Å². The number of nitrogens with one attached hydrogen (secondary N) is 2. The van der Waals surface area contributed by atoms with E-state index in [-0.39, 0.29) is 6.10 Å². The number of benzene rings is 1. The number of ether oxygens (including phenoxy) is 1. The van der Waals surface area contributed by atoms with Crippen LogP contribution in [0.3, 0.4) is 0 Å². The van der Waals surface area contributed by atoms with E-state index in [2.05, 4.69) is 34.7 Å². The Hall–Kier alpha value is -1.75. The number of aliphatic imine (C=N–C) groups is 1. The van der Waals surface area contributed by atoms with E-state index in [4.69, 9.17) is 4.74 Å². The van der Waals surface area contributed by atoms with Gasteiger partial charge in [0.1, 0.15) is 5.75 Å². The van der Waals surface area contributed by atoms with Crippen molar-refractivity contribution in [3.63, 3.8) is 0 Å². The van der Waals surface area contributed by atoms with E-state index >= 15 is 0 Å². The van der Waals surface area contributed by atoms with Crippen LogP contribution in [0.2, 0.25) is 0 Å². The van der Waals surface area contributed by atoms with Crippen LogP contribution < -0.4 is 15.4 Å². The standard InChI is InChI=1S/C18H29N3O2/c1-4-19-18(21-15-7-9-16(22)10-8-15)20-12-14-6-5-13(2)17(11-14)23-3/h5-6,11,15-16,22H,4,7-10,12H2,1-3H3,(H2,19,20,21). The maximum atomic E-state index is 9.60. The van der Waals surface area contributed by atoms with Gasteiger partial charge in [-0.3, -0.25) is 0 Å². The molecule has 128 valence electrons. The highest BCUT2D eigenvalue weighted by molar-refractivity contribution is 5.80. The van der Waals surface area contributed by atoms with Crippen molar-refractivity contribution in [1.29, 1.82) is 0 Å². The fraction of sp³-hybridized carbons (Fsp3) is 0.611. The smallest absolute Gasteiger partial charge is 0.191 e. The van der Waals surface area contributed by atoms with Crippen LogP contribution >= 0.6 is 0 Å². The lowest BCUT2D eigenvalue weighted by atomic mass is 9.93. The molecule has 1 aromatic rings. The zero-order valence-electron chi connectivity index (χ0n) is 14.4. The van der Waals surface area contributed by atoms with Crippen molar-refractivity contribution in [2.24, 2.45) is 4.99 Å². The van der Waals surface area contributed by atoms with Gasteiger partial charge in [0.2, 0.25) is 0 Å². The predicted molar refractivity (Wildman–Crippen MR) is 93.9 cm³/mol. The summed E-state index contributed by atoms with van der Waals surface area (Å²) in [5, 5.41) is 16.4. The van der Waals surface area contributed by atoms with Gasteiger partial charge in [0.15, 0.2) is 5.96 Å². The molecule has 5 heteroatoms. The van der Waals surface area contributed by atoms with Gasteiger partial charge in [0.05, 0.1) is 19.8 Å². The van der Waals surface area contributed by atoms with Crippen molar-refractivity contribution in [3.05, 3.63) is 29.3 Å². The summed E-state index contributed by atoms with van der Waals surface area (Å²) < 4.78 is 5.37. The number of rotatable bonds is 5. The minimum atomic E-state index is -0.132. The predicted octanol–water partition coefficient (Wildman–Crippen LogP) is 2.36. The summed E-state index contributed by atoms with van der Waals surface area (Å²) in [4.78, 5) is 4.68. The quantitative estimate of drug-likeness (QED) is 0.576. The van der Waals surface area contributed by atoms with Crippen molar-refractivity contribution >= 4 is 5.96 Å². The molecule has 5 nitrogen and oxygen atoms in total. The molecule has 0 amide bonds. The average molecular weight is 319 g/mol. The number of hydrogen-bond donors (Lipinski definition) is 3. The van der Waals surface area contributed by atoms with Crippen LogP contribution in [0.5, 0.6) is 5.75 Å². The van der Waals surface area contributed by atoms with Gasteiger partial charge in [-0.25, -0.2) is 4.99 Å². The van der Waals surface area contributed by atoms with E-state index < -0.39 is 0 Å². The highest BCUT2D eigenvalue weighted by atomic mass is 16.5. The maximum Gasteiger partial charge on any atom is 0.191 e. The van der Waals surface area contributed by atoms with Crippen molar-refractivity contribution in [1.82, 2.24) is 10.6 Å². The lowest BCUT2D eigenvalue weighted by Gasteiger charge is -2.27. The number of aryl methyl sites for hydroxylation is 1. The molecule has 1 aliphatic carbocycles. The number of nitrogens with zero attached hydrogens (tertiary/aromatic N) is 1. The van der Waals surface area contributed by atoms with E-state index in [0.717, 1.165) is 55.1 Å². The molecule has 0 bridgehead atoms. The summed E-state index contributed by atoms with van der Waals surface area (Å²) >= 11 is 0. The van der Waals surface area contributed by atoms with Crippen LogP contribution in [0.4, 0.5) is 0 Å². The second kappa shape index (κ2) is 8.77. The second-order valence-electron chi connectivity index (χ2n) is 6.15. The number of aliphatic hydroxyl groups is 1. The fourth-order valence-corrected chi connectivity index (χ4v) is 2.87. The number of hydrogen-bond acceptors (Lipinski definition) is 3.